The van der Waals surface area contributed by atoms with Gasteiger partial charge in [-0.15, -0.1) is 0 Å². The fourth-order valence-electron chi connectivity index (χ4n) is 2.88. The van der Waals surface area contributed by atoms with Gasteiger partial charge in [0.1, 0.15) is 6.10 Å². The number of amides is 1. The van der Waals surface area contributed by atoms with Crippen LogP contribution in [0.4, 0.5) is 0 Å². The molecule has 0 spiro atoms. The predicted molar refractivity (Wildman–Crippen MR) is 85.2 cm³/mol. The first-order valence-corrected chi connectivity index (χ1v) is 8.37. The third-order valence-electron chi connectivity index (χ3n) is 4.16. The quantitative estimate of drug-likeness (QED) is 0.848. The van der Waals surface area contributed by atoms with Crippen LogP contribution in [0.3, 0.4) is 0 Å². The lowest BCUT2D eigenvalue weighted by Gasteiger charge is -2.05. The van der Waals surface area contributed by atoms with Gasteiger partial charge in [0, 0.05) is 19.6 Å². The molecular weight excluding hydrogens is 326 g/mol. The minimum atomic E-state index is -0.0816. The maximum atomic E-state index is 12.0. The fourth-order valence-corrected chi connectivity index (χ4v) is 2.88. The second-order valence-corrected chi connectivity index (χ2v) is 6.01. The summed E-state index contributed by atoms with van der Waals surface area (Å²) in [5.41, 5.74) is 0.877. The highest BCUT2D eigenvalue weighted by molar-refractivity contribution is 5.78. The number of carbonyl (C=O) groups excluding carboxylic acids is 1. The molecule has 1 fully saturated rings. The minimum Gasteiger partial charge on any atom is -0.454 e. The monoisotopic (exact) mass is 345 g/mol. The number of nitrogens with one attached hydrogen (secondary N) is 1. The molecule has 1 amide bonds. The van der Waals surface area contributed by atoms with Crippen LogP contribution in [0.25, 0.3) is 0 Å². The van der Waals surface area contributed by atoms with Gasteiger partial charge in [0.2, 0.25) is 12.7 Å². The molecule has 8 heteroatoms. The Balaban J connectivity index is 1.23. The second kappa shape index (κ2) is 7.10. The molecule has 0 radical (unpaired) electrons. The van der Waals surface area contributed by atoms with E-state index in [2.05, 4.69) is 15.5 Å². The Bertz CT molecular complexity index is 754. The van der Waals surface area contributed by atoms with E-state index in [-0.39, 0.29) is 25.2 Å². The van der Waals surface area contributed by atoms with E-state index in [1.807, 2.05) is 18.2 Å². The van der Waals surface area contributed by atoms with Crippen molar-refractivity contribution in [3.8, 4) is 11.5 Å². The van der Waals surface area contributed by atoms with Gasteiger partial charge in [-0.2, -0.15) is 4.98 Å². The Morgan fingerprint density at radius 1 is 1.28 bits per heavy atom. The van der Waals surface area contributed by atoms with Crippen LogP contribution >= 0.6 is 0 Å². The molecule has 3 heterocycles. The van der Waals surface area contributed by atoms with Crippen LogP contribution in [0.1, 0.15) is 36.2 Å². The van der Waals surface area contributed by atoms with Crippen LogP contribution in [0.5, 0.6) is 11.5 Å². The maximum absolute atomic E-state index is 12.0. The van der Waals surface area contributed by atoms with Crippen LogP contribution in [-0.2, 0) is 22.4 Å². The molecule has 1 aromatic heterocycles. The molecule has 1 saturated heterocycles. The van der Waals surface area contributed by atoms with Crippen molar-refractivity contribution in [3.05, 3.63) is 35.5 Å². The highest BCUT2D eigenvalue weighted by Gasteiger charge is 2.23. The summed E-state index contributed by atoms with van der Waals surface area (Å²) >= 11 is 0. The van der Waals surface area contributed by atoms with Crippen molar-refractivity contribution in [3.63, 3.8) is 0 Å². The SMILES string of the molecule is O=C(Cc1ccc2c(c1)OCO2)NCCc1noc(C2CCCO2)n1. The van der Waals surface area contributed by atoms with Crippen molar-refractivity contribution < 1.29 is 23.5 Å². The van der Waals surface area contributed by atoms with E-state index >= 15 is 0 Å². The van der Waals surface area contributed by atoms with Gasteiger partial charge in [-0.1, -0.05) is 11.2 Å². The summed E-state index contributed by atoms with van der Waals surface area (Å²) in [6.45, 7) is 1.41. The molecule has 1 atom stereocenters. The molecule has 2 aromatic rings. The van der Waals surface area contributed by atoms with Gasteiger partial charge < -0.3 is 24.1 Å². The molecule has 8 nitrogen and oxygen atoms in total. The van der Waals surface area contributed by atoms with Gasteiger partial charge in [0.05, 0.1) is 6.42 Å². The van der Waals surface area contributed by atoms with Crippen molar-refractivity contribution in [1.29, 1.82) is 0 Å². The number of hydrogen-bond acceptors (Lipinski definition) is 7. The fraction of sp³-hybridized carbons (Fsp3) is 0.471. The molecule has 25 heavy (non-hydrogen) atoms. The lowest BCUT2D eigenvalue weighted by Crippen LogP contribution is -2.27. The maximum Gasteiger partial charge on any atom is 0.255 e. The summed E-state index contributed by atoms with van der Waals surface area (Å²) in [4.78, 5) is 16.4. The molecule has 1 N–H and O–H groups in total. The van der Waals surface area contributed by atoms with Crippen molar-refractivity contribution in [2.75, 3.05) is 19.9 Å². The Morgan fingerprint density at radius 3 is 3.08 bits per heavy atom. The number of carbonyl (C=O) groups is 1. The number of nitrogens with zero attached hydrogens (tertiary/aromatic N) is 2. The van der Waals surface area contributed by atoms with Gasteiger partial charge in [0.25, 0.3) is 5.89 Å². The van der Waals surface area contributed by atoms with Crippen LogP contribution in [0, 0.1) is 0 Å². The molecule has 0 bridgehead atoms. The molecular formula is C17H19N3O5. The normalized spacial score (nSPS) is 18.5. The zero-order valence-corrected chi connectivity index (χ0v) is 13.7. The topological polar surface area (TPSA) is 95.7 Å². The Labute approximate surface area is 144 Å². The van der Waals surface area contributed by atoms with E-state index in [4.69, 9.17) is 18.7 Å². The Morgan fingerprint density at radius 2 is 2.20 bits per heavy atom. The first kappa shape index (κ1) is 15.9. The lowest BCUT2D eigenvalue weighted by atomic mass is 10.1. The van der Waals surface area contributed by atoms with Crippen molar-refractivity contribution >= 4 is 5.91 Å². The number of fused-ring (bicyclic) bond motifs is 1. The first-order valence-electron chi connectivity index (χ1n) is 8.37. The number of rotatable bonds is 6. The average molecular weight is 345 g/mol. The number of aromatic nitrogens is 2. The van der Waals surface area contributed by atoms with Crippen molar-refractivity contribution in [2.24, 2.45) is 0 Å². The highest BCUT2D eigenvalue weighted by Crippen LogP contribution is 2.32. The number of benzene rings is 1. The predicted octanol–water partition coefficient (Wildman–Crippen LogP) is 1.55. The van der Waals surface area contributed by atoms with Crippen LogP contribution in [0.2, 0.25) is 0 Å². The van der Waals surface area contributed by atoms with Gasteiger partial charge >= 0.3 is 0 Å². The lowest BCUT2D eigenvalue weighted by molar-refractivity contribution is -0.120. The van der Waals surface area contributed by atoms with Crippen molar-refractivity contribution in [2.45, 2.75) is 31.8 Å². The molecule has 4 rings (SSSR count). The second-order valence-electron chi connectivity index (χ2n) is 6.01. The molecule has 2 aliphatic rings. The van der Waals surface area contributed by atoms with Crippen molar-refractivity contribution in [1.82, 2.24) is 15.5 Å². The number of ether oxygens (including phenoxy) is 3. The summed E-state index contributed by atoms with van der Waals surface area (Å²) in [5.74, 6) is 2.43. The van der Waals surface area contributed by atoms with Gasteiger partial charge in [0.15, 0.2) is 17.3 Å². The molecule has 0 saturated carbocycles. The molecule has 1 aromatic carbocycles. The van der Waals surface area contributed by atoms with Crippen LogP contribution < -0.4 is 14.8 Å². The minimum absolute atomic E-state index is 0.0679. The van der Waals surface area contributed by atoms with E-state index in [9.17, 15) is 4.79 Å². The first-order chi connectivity index (χ1) is 12.3. The summed E-state index contributed by atoms with van der Waals surface area (Å²) in [6, 6.07) is 5.51. The van der Waals surface area contributed by atoms with Crippen LogP contribution in [-0.4, -0.2) is 36.0 Å². The summed E-state index contributed by atoms with van der Waals surface area (Å²) in [7, 11) is 0. The molecule has 132 valence electrons. The van der Waals surface area contributed by atoms with Gasteiger partial charge in [-0.3, -0.25) is 4.79 Å². The van der Waals surface area contributed by atoms with Crippen LogP contribution in [0.15, 0.2) is 22.7 Å². The van der Waals surface area contributed by atoms with E-state index in [0.29, 0.717) is 36.2 Å². The Hall–Kier alpha value is -2.61. The van der Waals surface area contributed by atoms with E-state index in [1.165, 1.54) is 0 Å². The average Bonchev–Trinajstić information content (AvgIpc) is 3.35. The summed E-state index contributed by atoms with van der Waals surface area (Å²) < 4.78 is 21.3. The molecule has 2 aliphatic heterocycles. The van der Waals surface area contributed by atoms with Gasteiger partial charge in [-0.25, -0.2) is 0 Å². The third-order valence-corrected chi connectivity index (χ3v) is 4.16. The highest BCUT2D eigenvalue weighted by atomic mass is 16.7. The third kappa shape index (κ3) is 3.74. The summed E-state index contributed by atoms with van der Waals surface area (Å²) in [5, 5.41) is 6.80. The largest absolute Gasteiger partial charge is 0.454 e. The number of hydrogen-bond donors (Lipinski definition) is 1. The van der Waals surface area contributed by atoms with Gasteiger partial charge in [-0.05, 0) is 30.5 Å². The summed E-state index contributed by atoms with van der Waals surface area (Å²) in [6.07, 6.45) is 2.64. The smallest absolute Gasteiger partial charge is 0.255 e. The van der Waals surface area contributed by atoms with E-state index < -0.39 is 0 Å². The zero-order valence-electron chi connectivity index (χ0n) is 13.7. The van der Waals surface area contributed by atoms with E-state index in [0.717, 1.165) is 25.0 Å². The zero-order chi connectivity index (χ0) is 17.1. The van der Waals surface area contributed by atoms with E-state index in [1.54, 1.807) is 0 Å². The Kier molecular flexibility index (Phi) is 4.51. The molecule has 0 aliphatic carbocycles. The standard InChI is InChI=1S/C17H19N3O5/c21-16(9-11-3-4-12-14(8-11)24-10-23-12)18-6-5-15-19-17(25-20-15)13-2-1-7-22-13/h3-4,8,13H,1-2,5-7,9-10H2,(H,18,21). The molecule has 1 unspecified atom stereocenters.